The van der Waals surface area contributed by atoms with Crippen LogP contribution in [0.2, 0.25) is 0 Å². The van der Waals surface area contributed by atoms with Crippen molar-refractivity contribution >= 4 is 5.71 Å². The number of hydrogen-bond donors (Lipinski definition) is 2. The molecule has 0 saturated carbocycles. The van der Waals surface area contributed by atoms with E-state index < -0.39 is 17.7 Å². The standard InChI is InChI=1S/C24H39F3N4O.C6H5FO.2C2H6/c1-6-18(4)23(28-19(5)24(25,26)27)15-22(32)17-30-13-14-31(20(7-2)16-30)21-9-11-29(8-3)12-10-21;7-5-2-1-3-6(8)4-5;2*1-2/h6,15,20-21,32H,1,7-14,16-17H2,2-5H3;1-4,8H;2*1-2H3/b22-15+,23-18+,28-19?;;;. The highest BCUT2D eigenvalue weighted by Crippen LogP contribution is 2.24. The highest BCUT2D eigenvalue weighted by molar-refractivity contribution is 5.88. The number of aliphatic hydroxyl groups excluding tert-OH is 1. The van der Waals surface area contributed by atoms with Crippen molar-refractivity contribution in [2.24, 2.45) is 4.99 Å². The van der Waals surface area contributed by atoms with Gasteiger partial charge in [-0.2, -0.15) is 13.2 Å². The fourth-order valence-electron chi connectivity index (χ4n) is 4.98. The minimum absolute atomic E-state index is 0.0134. The molecule has 0 bridgehead atoms. The van der Waals surface area contributed by atoms with Crippen molar-refractivity contribution in [3.63, 3.8) is 0 Å². The molecule has 2 fully saturated rings. The number of rotatable bonds is 8. The van der Waals surface area contributed by atoms with Crippen molar-refractivity contribution in [1.82, 2.24) is 14.7 Å². The molecule has 44 heavy (non-hydrogen) atoms. The predicted octanol–water partition coefficient (Wildman–Crippen LogP) is 8.38. The number of aliphatic hydroxyl groups is 1. The van der Waals surface area contributed by atoms with Gasteiger partial charge in [-0.15, -0.1) is 0 Å². The molecule has 2 saturated heterocycles. The number of halogens is 4. The Bertz CT molecular complexity index is 1030. The molecule has 0 spiro atoms. The molecule has 6 nitrogen and oxygen atoms in total. The van der Waals surface area contributed by atoms with E-state index in [9.17, 15) is 22.7 Å². The van der Waals surface area contributed by atoms with Crippen molar-refractivity contribution in [1.29, 1.82) is 0 Å². The van der Waals surface area contributed by atoms with Crippen molar-refractivity contribution in [2.75, 3.05) is 45.8 Å². The van der Waals surface area contributed by atoms with Crippen molar-refractivity contribution in [2.45, 2.75) is 92.9 Å². The summed E-state index contributed by atoms with van der Waals surface area (Å²) < 4.78 is 50.8. The van der Waals surface area contributed by atoms with Crippen molar-refractivity contribution in [3.05, 3.63) is 65.8 Å². The van der Waals surface area contributed by atoms with E-state index in [1.165, 1.54) is 43.2 Å². The summed E-state index contributed by atoms with van der Waals surface area (Å²) in [7, 11) is 0. The van der Waals surface area contributed by atoms with Gasteiger partial charge in [-0.05, 0) is 70.5 Å². The van der Waals surface area contributed by atoms with Gasteiger partial charge < -0.3 is 15.1 Å². The van der Waals surface area contributed by atoms with Gasteiger partial charge in [0.25, 0.3) is 0 Å². The summed E-state index contributed by atoms with van der Waals surface area (Å²) in [5, 5.41) is 19.1. The molecule has 2 aliphatic rings. The van der Waals surface area contributed by atoms with Gasteiger partial charge >= 0.3 is 6.18 Å². The first kappa shape index (κ1) is 41.3. The molecule has 0 amide bonds. The lowest BCUT2D eigenvalue weighted by Gasteiger charge is -2.47. The molecule has 2 heterocycles. The molecule has 1 aromatic carbocycles. The first-order chi connectivity index (χ1) is 20.9. The van der Waals surface area contributed by atoms with Crippen LogP contribution in [0.15, 0.2) is 65.0 Å². The quantitative estimate of drug-likeness (QED) is 0.131. The molecule has 10 heteroatoms. The van der Waals surface area contributed by atoms with E-state index in [1.807, 2.05) is 27.7 Å². The van der Waals surface area contributed by atoms with E-state index in [4.69, 9.17) is 5.11 Å². The zero-order valence-corrected chi connectivity index (χ0v) is 28.1. The number of nitrogens with zero attached hydrogens (tertiary/aromatic N) is 4. The highest BCUT2D eigenvalue weighted by Gasteiger charge is 2.33. The number of aliphatic imine (C=N–C) groups is 1. The Kier molecular flexibility index (Phi) is 20.6. The van der Waals surface area contributed by atoms with Gasteiger partial charge in [0.05, 0.1) is 12.2 Å². The number of piperidine rings is 1. The topological polar surface area (TPSA) is 62.5 Å². The smallest absolute Gasteiger partial charge is 0.429 e. The maximum absolute atomic E-state index is 12.9. The maximum Gasteiger partial charge on any atom is 0.429 e. The van der Waals surface area contributed by atoms with Gasteiger partial charge in [-0.1, -0.05) is 60.3 Å². The molecule has 1 aromatic rings. The predicted molar refractivity (Wildman–Crippen MR) is 176 cm³/mol. The average molecular weight is 629 g/mol. The number of alkyl halides is 3. The number of phenols is 1. The Balaban J connectivity index is 0.00000130. The normalized spacial score (nSPS) is 19.8. The molecule has 0 aliphatic carbocycles. The molecule has 252 valence electrons. The molecule has 1 unspecified atom stereocenters. The Morgan fingerprint density at radius 1 is 1.02 bits per heavy atom. The van der Waals surface area contributed by atoms with E-state index in [1.54, 1.807) is 6.92 Å². The lowest BCUT2D eigenvalue weighted by molar-refractivity contribution is -0.0592. The Labute approximate surface area is 263 Å². The number of benzene rings is 1. The fourth-order valence-corrected chi connectivity index (χ4v) is 4.98. The van der Waals surface area contributed by atoms with Crippen molar-refractivity contribution in [3.8, 4) is 5.75 Å². The number of hydrogen-bond acceptors (Lipinski definition) is 6. The Morgan fingerprint density at radius 2 is 1.64 bits per heavy atom. The third-order valence-electron chi connectivity index (χ3n) is 7.46. The zero-order chi connectivity index (χ0) is 33.9. The monoisotopic (exact) mass is 628 g/mol. The second kappa shape index (κ2) is 21.9. The highest BCUT2D eigenvalue weighted by atomic mass is 19.4. The van der Waals surface area contributed by atoms with Crippen molar-refractivity contribution < 1.29 is 27.8 Å². The number of phenolic OH excluding ortho intramolecular Hbond substituents is 1. The summed E-state index contributed by atoms with van der Waals surface area (Å²) in [6, 6.07) is 6.23. The van der Waals surface area contributed by atoms with Crippen LogP contribution in [0.25, 0.3) is 0 Å². The molecular weight excluding hydrogens is 572 g/mol. The SMILES string of the molecule is C=C/C(C)=C(\C=C(\O)CN1CCN(C2CCN(CC)CC2)C(CC)C1)N=C(C)C(F)(F)F.CC.CC.Oc1cccc(F)c1. The number of piperazine rings is 1. The minimum Gasteiger partial charge on any atom is -0.511 e. The van der Waals surface area contributed by atoms with Gasteiger partial charge in [-0.25, -0.2) is 9.38 Å². The van der Waals surface area contributed by atoms with Gasteiger partial charge in [0.15, 0.2) is 0 Å². The van der Waals surface area contributed by atoms with Gasteiger partial charge in [0, 0.05) is 43.9 Å². The number of likely N-dealkylation sites (tertiary alicyclic amines) is 1. The molecular formula is C34H56F4N4O2. The molecule has 0 radical (unpaired) electrons. The van der Waals surface area contributed by atoms with E-state index in [0.717, 1.165) is 58.7 Å². The second-order valence-electron chi connectivity index (χ2n) is 10.3. The summed E-state index contributed by atoms with van der Waals surface area (Å²) in [6.45, 7) is 24.9. The third kappa shape index (κ3) is 14.9. The lowest BCUT2D eigenvalue weighted by atomic mass is 9.98. The Morgan fingerprint density at radius 3 is 2.09 bits per heavy atom. The third-order valence-corrected chi connectivity index (χ3v) is 7.46. The first-order valence-corrected chi connectivity index (χ1v) is 15.9. The van der Waals surface area contributed by atoms with Crippen LogP contribution in [0.1, 0.15) is 74.7 Å². The van der Waals surface area contributed by atoms with Crippen LogP contribution in [0.4, 0.5) is 17.6 Å². The zero-order valence-electron chi connectivity index (χ0n) is 28.1. The summed E-state index contributed by atoms with van der Waals surface area (Å²) in [6.07, 6.45) is 1.70. The molecule has 2 N–H and O–H groups in total. The first-order valence-electron chi connectivity index (χ1n) is 15.9. The van der Waals surface area contributed by atoms with Gasteiger partial charge in [-0.3, -0.25) is 9.80 Å². The van der Waals surface area contributed by atoms with Crippen LogP contribution >= 0.6 is 0 Å². The summed E-state index contributed by atoms with van der Waals surface area (Å²) in [5.41, 5.74) is -0.387. The molecule has 1 atom stereocenters. The summed E-state index contributed by atoms with van der Waals surface area (Å²) >= 11 is 0. The van der Waals surface area contributed by atoms with Crippen LogP contribution < -0.4 is 0 Å². The molecule has 0 aromatic heterocycles. The number of allylic oxidation sites excluding steroid dienone is 3. The molecule has 3 rings (SSSR count). The van der Waals surface area contributed by atoms with Gasteiger partial charge in [0.1, 0.15) is 23.0 Å². The summed E-state index contributed by atoms with van der Waals surface area (Å²) in [5.74, 6) is -0.436. The Hall–Kier alpha value is -2.69. The fraction of sp³-hybridized carbons (Fsp3) is 0.618. The van der Waals surface area contributed by atoms with E-state index >= 15 is 0 Å². The van der Waals surface area contributed by atoms with Gasteiger partial charge in [0.2, 0.25) is 0 Å². The number of aromatic hydroxyl groups is 1. The lowest BCUT2D eigenvalue weighted by Crippen LogP contribution is -2.58. The largest absolute Gasteiger partial charge is 0.511 e. The maximum atomic E-state index is 12.9. The second-order valence-corrected chi connectivity index (χ2v) is 10.3. The van der Waals surface area contributed by atoms with Crippen LogP contribution in [0, 0.1) is 5.82 Å². The summed E-state index contributed by atoms with van der Waals surface area (Å²) in [4.78, 5) is 11.0. The van der Waals surface area contributed by atoms with Crippen LogP contribution in [0.5, 0.6) is 5.75 Å². The van der Waals surface area contributed by atoms with Crippen LogP contribution in [-0.2, 0) is 0 Å². The molecule has 2 aliphatic heterocycles. The van der Waals surface area contributed by atoms with E-state index in [0.29, 0.717) is 24.2 Å². The minimum atomic E-state index is -4.51. The van der Waals surface area contributed by atoms with Crippen LogP contribution in [0.3, 0.4) is 0 Å². The van der Waals surface area contributed by atoms with E-state index in [-0.39, 0.29) is 17.2 Å². The van der Waals surface area contributed by atoms with E-state index in [2.05, 4.69) is 40.1 Å². The van der Waals surface area contributed by atoms with Crippen LogP contribution in [-0.4, -0.2) is 94.7 Å². The average Bonchev–Trinajstić information content (AvgIpc) is 3.02.